The summed E-state index contributed by atoms with van der Waals surface area (Å²) in [5.74, 6) is 0.882. The molecule has 1 saturated heterocycles. The van der Waals surface area contributed by atoms with Gasteiger partial charge in [-0.15, -0.1) is 0 Å². The number of aromatic nitrogens is 1. The molecular formula is C19H26ClN2-. The maximum atomic E-state index is 3.76. The molecule has 0 spiro atoms. The third-order valence-corrected chi connectivity index (χ3v) is 5.81. The zero-order chi connectivity index (χ0) is 14.4. The summed E-state index contributed by atoms with van der Waals surface area (Å²) >= 11 is 0. The average molecular weight is 318 g/mol. The Morgan fingerprint density at radius 2 is 2.14 bits per heavy atom. The molecule has 2 aliphatic rings. The van der Waals surface area contributed by atoms with Gasteiger partial charge in [-0.1, -0.05) is 38.0 Å². The van der Waals surface area contributed by atoms with E-state index >= 15 is 0 Å². The summed E-state index contributed by atoms with van der Waals surface area (Å²) in [6.07, 6.45) is 6.64. The first-order valence-electron chi connectivity index (χ1n) is 8.57. The van der Waals surface area contributed by atoms with Gasteiger partial charge in [0.25, 0.3) is 0 Å². The number of benzene rings is 1. The van der Waals surface area contributed by atoms with Gasteiger partial charge in [-0.05, 0) is 43.7 Å². The number of hydrogen-bond acceptors (Lipinski definition) is 1. The van der Waals surface area contributed by atoms with E-state index in [1.807, 2.05) is 0 Å². The summed E-state index contributed by atoms with van der Waals surface area (Å²) in [4.78, 5) is 6.50. The fourth-order valence-corrected chi connectivity index (χ4v) is 4.72. The number of unbranched alkanes of at least 4 members (excludes halogenated alkanes) is 1. The van der Waals surface area contributed by atoms with Gasteiger partial charge in [0.2, 0.25) is 0 Å². The Morgan fingerprint density at radius 3 is 2.95 bits per heavy atom. The zero-order valence-electron chi connectivity index (χ0n) is 13.7. The minimum absolute atomic E-state index is 0. The third kappa shape index (κ3) is 2.28. The highest BCUT2D eigenvalue weighted by Crippen LogP contribution is 2.47. The van der Waals surface area contributed by atoms with Crippen molar-refractivity contribution >= 4 is 10.9 Å². The van der Waals surface area contributed by atoms with Crippen LogP contribution in [-0.4, -0.2) is 23.0 Å². The van der Waals surface area contributed by atoms with Gasteiger partial charge in [-0.3, -0.25) is 4.90 Å². The molecule has 3 heterocycles. The standard InChI is InChI=1S/C19H26N2.ClH/c1-3-4-7-14-12-19(2)18-16(10-11-21(19)13-14)15-8-5-6-9-17(15)20-18;/h5-6,8-9,14,20H,3-4,7,10-13H2,1-2H3;1H/p-1. The number of para-hydroxylation sites is 1. The molecule has 3 heteroatoms. The van der Waals surface area contributed by atoms with Crippen molar-refractivity contribution in [2.45, 2.75) is 51.5 Å². The van der Waals surface area contributed by atoms with Crippen LogP contribution >= 0.6 is 0 Å². The molecule has 1 aromatic heterocycles. The molecule has 2 nitrogen and oxygen atoms in total. The van der Waals surface area contributed by atoms with Crippen LogP contribution in [0, 0.1) is 5.92 Å². The molecule has 2 aromatic rings. The number of halogens is 1. The molecule has 1 fully saturated rings. The lowest BCUT2D eigenvalue weighted by atomic mass is 9.84. The highest BCUT2D eigenvalue weighted by Gasteiger charge is 2.47. The van der Waals surface area contributed by atoms with Crippen LogP contribution in [0.5, 0.6) is 0 Å². The second-order valence-electron chi connectivity index (χ2n) is 7.21. The van der Waals surface area contributed by atoms with Gasteiger partial charge in [0.05, 0.1) is 5.54 Å². The maximum Gasteiger partial charge on any atom is 0.0589 e. The van der Waals surface area contributed by atoms with E-state index in [2.05, 4.69) is 48.0 Å². The lowest BCUT2D eigenvalue weighted by Crippen LogP contribution is -3.00. The van der Waals surface area contributed by atoms with E-state index in [0.29, 0.717) is 0 Å². The molecule has 1 N–H and O–H groups in total. The molecule has 2 aliphatic heterocycles. The zero-order valence-corrected chi connectivity index (χ0v) is 14.4. The van der Waals surface area contributed by atoms with Crippen molar-refractivity contribution in [1.29, 1.82) is 0 Å². The molecule has 0 amide bonds. The molecule has 0 aliphatic carbocycles. The van der Waals surface area contributed by atoms with Crippen LogP contribution in [0.1, 0.15) is 50.8 Å². The molecule has 1 aromatic carbocycles. The van der Waals surface area contributed by atoms with Crippen LogP contribution in [0.3, 0.4) is 0 Å². The first-order chi connectivity index (χ1) is 10.2. The van der Waals surface area contributed by atoms with E-state index in [9.17, 15) is 0 Å². The smallest absolute Gasteiger partial charge is 0.0589 e. The number of H-pyrrole nitrogens is 1. The van der Waals surface area contributed by atoms with Gasteiger partial charge < -0.3 is 17.4 Å². The lowest BCUT2D eigenvalue weighted by Gasteiger charge is -2.39. The largest absolute Gasteiger partial charge is 1.00 e. The van der Waals surface area contributed by atoms with E-state index < -0.39 is 0 Å². The summed E-state index contributed by atoms with van der Waals surface area (Å²) in [5, 5.41) is 1.45. The summed E-state index contributed by atoms with van der Waals surface area (Å²) in [6.45, 7) is 7.30. The summed E-state index contributed by atoms with van der Waals surface area (Å²) in [6, 6.07) is 8.82. The first kappa shape index (κ1) is 15.9. The lowest BCUT2D eigenvalue weighted by molar-refractivity contribution is -0.00000477. The monoisotopic (exact) mass is 317 g/mol. The average Bonchev–Trinajstić information content (AvgIpc) is 3.03. The summed E-state index contributed by atoms with van der Waals surface area (Å²) in [7, 11) is 0. The predicted octanol–water partition coefficient (Wildman–Crippen LogP) is 1.46. The Morgan fingerprint density at radius 1 is 1.32 bits per heavy atom. The van der Waals surface area contributed by atoms with Gasteiger partial charge in [-0.2, -0.15) is 0 Å². The molecule has 0 bridgehead atoms. The Balaban J connectivity index is 0.00000144. The molecular weight excluding hydrogens is 292 g/mol. The minimum Gasteiger partial charge on any atom is -1.00 e. The number of fused-ring (bicyclic) bond motifs is 5. The van der Waals surface area contributed by atoms with Crippen molar-refractivity contribution in [3.63, 3.8) is 0 Å². The fraction of sp³-hybridized carbons (Fsp3) is 0.579. The summed E-state index contributed by atoms with van der Waals surface area (Å²) in [5.41, 5.74) is 4.65. The van der Waals surface area contributed by atoms with Gasteiger partial charge in [-0.25, -0.2) is 0 Å². The van der Waals surface area contributed by atoms with Crippen LogP contribution in [0.15, 0.2) is 24.3 Å². The predicted molar refractivity (Wildman–Crippen MR) is 88.6 cm³/mol. The Bertz CT molecular complexity index is 662. The second-order valence-corrected chi connectivity index (χ2v) is 7.21. The number of nitrogens with one attached hydrogen (secondary N) is 1. The van der Waals surface area contributed by atoms with Crippen LogP contribution in [0.25, 0.3) is 10.9 Å². The highest BCUT2D eigenvalue weighted by molar-refractivity contribution is 5.85. The van der Waals surface area contributed by atoms with E-state index in [-0.39, 0.29) is 17.9 Å². The van der Waals surface area contributed by atoms with Crippen LogP contribution in [0.4, 0.5) is 0 Å². The molecule has 2 unspecified atom stereocenters. The van der Waals surface area contributed by atoms with Crippen LogP contribution < -0.4 is 12.4 Å². The molecule has 2 atom stereocenters. The van der Waals surface area contributed by atoms with Crippen LogP contribution in [0.2, 0.25) is 0 Å². The highest BCUT2D eigenvalue weighted by atomic mass is 35.5. The number of hydrogen-bond donors (Lipinski definition) is 1. The Hall–Kier alpha value is -0.990. The Kier molecular flexibility index (Phi) is 4.26. The quantitative estimate of drug-likeness (QED) is 0.908. The molecule has 4 rings (SSSR count). The molecule has 22 heavy (non-hydrogen) atoms. The molecule has 0 radical (unpaired) electrons. The van der Waals surface area contributed by atoms with E-state index in [4.69, 9.17) is 0 Å². The van der Waals surface area contributed by atoms with E-state index in [1.54, 1.807) is 5.56 Å². The van der Waals surface area contributed by atoms with Crippen molar-refractivity contribution in [3.8, 4) is 0 Å². The van der Waals surface area contributed by atoms with Gasteiger partial charge >= 0.3 is 0 Å². The van der Waals surface area contributed by atoms with Crippen molar-refractivity contribution in [2.24, 2.45) is 5.92 Å². The van der Waals surface area contributed by atoms with Crippen molar-refractivity contribution < 1.29 is 12.4 Å². The van der Waals surface area contributed by atoms with Crippen molar-refractivity contribution in [3.05, 3.63) is 35.5 Å². The first-order valence-corrected chi connectivity index (χ1v) is 8.57. The fourth-order valence-electron chi connectivity index (χ4n) is 4.72. The maximum absolute atomic E-state index is 3.76. The number of aromatic amines is 1. The summed E-state index contributed by atoms with van der Waals surface area (Å²) < 4.78 is 0. The van der Waals surface area contributed by atoms with E-state index in [0.717, 1.165) is 5.92 Å². The normalized spacial score (nSPS) is 27.5. The number of nitrogens with zero attached hydrogens (tertiary/aromatic N) is 1. The minimum atomic E-state index is 0. The molecule has 120 valence electrons. The van der Waals surface area contributed by atoms with Gasteiger partial charge in [0.1, 0.15) is 0 Å². The SMILES string of the molecule is CCCCC1CN2CCc3c([nH]c4ccccc34)C2(C)C1.[Cl-]. The second kappa shape index (κ2) is 5.90. The van der Waals surface area contributed by atoms with Gasteiger partial charge in [0, 0.05) is 29.7 Å². The topological polar surface area (TPSA) is 19.0 Å². The third-order valence-electron chi connectivity index (χ3n) is 5.81. The van der Waals surface area contributed by atoms with Gasteiger partial charge in [0.15, 0.2) is 0 Å². The number of rotatable bonds is 3. The van der Waals surface area contributed by atoms with Crippen molar-refractivity contribution in [1.82, 2.24) is 9.88 Å². The van der Waals surface area contributed by atoms with Crippen molar-refractivity contribution in [2.75, 3.05) is 13.1 Å². The van der Waals surface area contributed by atoms with Crippen LogP contribution in [-0.2, 0) is 12.0 Å². The van der Waals surface area contributed by atoms with E-state index in [1.165, 1.54) is 61.8 Å². The molecule has 0 saturated carbocycles. The Labute approximate surface area is 139 Å².